The van der Waals surface area contributed by atoms with Gasteiger partial charge in [0.1, 0.15) is 12.4 Å². The van der Waals surface area contributed by atoms with Gasteiger partial charge >= 0.3 is 0 Å². The summed E-state index contributed by atoms with van der Waals surface area (Å²) in [6.07, 6.45) is 0. The standard InChI is InChI=1S/C26H24ClNO/c1-18-10-12-25(19(2)14-18)28-16-20-11-13-26(24(27)15-20)29-17-22-8-5-7-21-6-3-4-9-23(21)22/h3-15,28H,16-17H2,1-2H3. The molecule has 0 fully saturated rings. The zero-order valence-corrected chi connectivity index (χ0v) is 17.5. The van der Waals surface area contributed by atoms with Crippen LogP contribution in [-0.2, 0) is 13.2 Å². The Bertz CT molecular complexity index is 1150. The summed E-state index contributed by atoms with van der Waals surface area (Å²) in [5.41, 5.74) is 5.92. The van der Waals surface area contributed by atoms with Gasteiger partial charge in [0.05, 0.1) is 5.02 Å². The quantitative estimate of drug-likeness (QED) is 0.366. The van der Waals surface area contributed by atoms with Crippen molar-refractivity contribution in [3.8, 4) is 5.75 Å². The maximum absolute atomic E-state index is 6.49. The third-order valence-electron chi connectivity index (χ3n) is 5.12. The predicted octanol–water partition coefficient (Wildman–Crippen LogP) is 7.30. The fraction of sp³-hybridized carbons (Fsp3) is 0.154. The highest BCUT2D eigenvalue weighted by atomic mass is 35.5. The zero-order chi connectivity index (χ0) is 20.2. The SMILES string of the molecule is Cc1ccc(NCc2ccc(OCc3cccc4ccccc34)c(Cl)c2)c(C)c1. The number of halogens is 1. The molecule has 0 aliphatic rings. The van der Waals surface area contributed by atoms with Gasteiger partial charge in [-0.05, 0) is 59.5 Å². The minimum atomic E-state index is 0.487. The molecule has 0 aliphatic heterocycles. The molecule has 2 nitrogen and oxygen atoms in total. The van der Waals surface area contributed by atoms with Gasteiger partial charge in [-0.3, -0.25) is 0 Å². The van der Waals surface area contributed by atoms with Gasteiger partial charge in [-0.25, -0.2) is 0 Å². The number of anilines is 1. The molecule has 0 saturated heterocycles. The number of rotatable bonds is 6. The fourth-order valence-corrected chi connectivity index (χ4v) is 3.81. The Morgan fingerprint density at radius 3 is 2.52 bits per heavy atom. The molecule has 4 rings (SSSR count). The van der Waals surface area contributed by atoms with E-state index in [4.69, 9.17) is 16.3 Å². The number of benzene rings is 4. The van der Waals surface area contributed by atoms with Crippen LogP contribution in [0, 0.1) is 13.8 Å². The van der Waals surface area contributed by atoms with Gasteiger partial charge in [0.25, 0.3) is 0 Å². The summed E-state index contributed by atoms with van der Waals surface area (Å²) in [6, 6.07) is 27.0. The van der Waals surface area contributed by atoms with Crippen molar-refractivity contribution in [1.82, 2.24) is 0 Å². The van der Waals surface area contributed by atoms with Crippen LogP contribution in [0.2, 0.25) is 5.02 Å². The van der Waals surface area contributed by atoms with E-state index in [1.165, 1.54) is 21.9 Å². The largest absolute Gasteiger partial charge is 0.487 e. The minimum Gasteiger partial charge on any atom is -0.487 e. The molecule has 0 unspecified atom stereocenters. The molecule has 4 aromatic rings. The molecule has 0 aromatic heterocycles. The Hall–Kier alpha value is -2.97. The highest BCUT2D eigenvalue weighted by Gasteiger charge is 2.07. The Morgan fingerprint density at radius 1 is 0.862 bits per heavy atom. The van der Waals surface area contributed by atoms with E-state index >= 15 is 0 Å². The summed E-state index contributed by atoms with van der Waals surface area (Å²) in [4.78, 5) is 0. The van der Waals surface area contributed by atoms with Gasteiger partial charge in [-0.15, -0.1) is 0 Å². The van der Waals surface area contributed by atoms with Crippen LogP contribution >= 0.6 is 11.6 Å². The number of nitrogens with one attached hydrogen (secondary N) is 1. The third-order valence-corrected chi connectivity index (χ3v) is 5.42. The maximum atomic E-state index is 6.49. The summed E-state index contributed by atoms with van der Waals surface area (Å²) in [6.45, 7) is 5.43. The van der Waals surface area contributed by atoms with Gasteiger partial charge < -0.3 is 10.1 Å². The second kappa shape index (κ2) is 8.59. The fourth-order valence-electron chi connectivity index (χ4n) is 3.55. The molecule has 0 bridgehead atoms. The van der Waals surface area contributed by atoms with Crippen LogP contribution in [0.3, 0.4) is 0 Å². The van der Waals surface area contributed by atoms with E-state index in [0.29, 0.717) is 23.9 Å². The first-order valence-corrected chi connectivity index (χ1v) is 10.2. The maximum Gasteiger partial charge on any atom is 0.138 e. The predicted molar refractivity (Wildman–Crippen MR) is 123 cm³/mol. The lowest BCUT2D eigenvalue weighted by Gasteiger charge is -2.13. The highest BCUT2D eigenvalue weighted by Crippen LogP contribution is 2.28. The van der Waals surface area contributed by atoms with Crippen molar-refractivity contribution in [1.29, 1.82) is 0 Å². The van der Waals surface area contributed by atoms with E-state index in [0.717, 1.165) is 16.8 Å². The third kappa shape index (κ3) is 4.55. The number of hydrogen-bond donors (Lipinski definition) is 1. The second-order valence-corrected chi connectivity index (χ2v) is 7.77. The van der Waals surface area contributed by atoms with Gasteiger partial charge in [-0.2, -0.15) is 0 Å². The number of hydrogen-bond acceptors (Lipinski definition) is 2. The molecule has 29 heavy (non-hydrogen) atoms. The molecule has 0 amide bonds. The average Bonchev–Trinajstić information content (AvgIpc) is 2.72. The Kier molecular flexibility index (Phi) is 5.73. The van der Waals surface area contributed by atoms with Gasteiger partial charge in [0.15, 0.2) is 0 Å². The van der Waals surface area contributed by atoms with Gasteiger partial charge in [-0.1, -0.05) is 77.8 Å². The van der Waals surface area contributed by atoms with Crippen LogP contribution in [0.15, 0.2) is 78.9 Å². The van der Waals surface area contributed by atoms with E-state index < -0.39 is 0 Å². The summed E-state index contributed by atoms with van der Waals surface area (Å²) in [5.74, 6) is 0.704. The van der Waals surface area contributed by atoms with Crippen molar-refractivity contribution in [3.05, 3.63) is 106 Å². The first-order chi connectivity index (χ1) is 14.1. The van der Waals surface area contributed by atoms with Gasteiger partial charge in [0.2, 0.25) is 0 Å². The molecule has 0 saturated carbocycles. The normalized spacial score (nSPS) is 10.9. The molecule has 1 N–H and O–H groups in total. The lowest BCUT2D eigenvalue weighted by molar-refractivity contribution is 0.308. The summed E-state index contributed by atoms with van der Waals surface area (Å²) in [5, 5.41) is 6.54. The Morgan fingerprint density at radius 2 is 1.69 bits per heavy atom. The van der Waals surface area contributed by atoms with E-state index in [1.807, 2.05) is 12.1 Å². The summed E-state index contributed by atoms with van der Waals surface area (Å²) in [7, 11) is 0. The topological polar surface area (TPSA) is 21.3 Å². The molecule has 3 heteroatoms. The van der Waals surface area contributed by atoms with Crippen molar-refractivity contribution >= 4 is 28.1 Å². The molecule has 0 aliphatic carbocycles. The lowest BCUT2D eigenvalue weighted by atomic mass is 10.1. The summed E-state index contributed by atoms with van der Waals surface area (Å²) < 4.78 is 6.03. The highest BCUT2D eigenvalue weighted by molar-refractivity contribution is 6.32. The van der Waals surface area contributed by atoms with Crippen LogP contribution in [0.25, 0.3) is 10.8 Å². The zero-order valence-electron chi connectivity index (χ0n) is 16.7. The molecule has 0 radical (unpaired) electrons. The van der Waals surface area contributed by atoms with Crippen molar-refractivity contribution in [2.45, 2.75) is 27.0 Å². The number of fused-ring (bicyclic) bond motifs is 1. The van der Waals surface area contributed by atoms with E-state index in [-0.39, 0.29) is 0 Å². The molecule has 0 spiro atoms. The molecule has 0 heterocycles. The van der Waals surface area contributed by atoms with Crippen LogP contribution in [-0.4, -0.2) is 0 Å². The van der Waals surface area contributed by atoms with E-state index in [1.54, 1.807) is 0 Å². The van der Waals surface area contributed by atoms with Crippen molar-refractivity contribution in [2.75, 3.05) is 5.32 Å². The summed E-state index contributed by atoms with van der Waals surface area (Å²) >= 11 is 6.49. The van der Waals surface area contributed by atoms with Crippen molar-refractivity contribution < 1.29 is 4.74 Å². The molecule has 146 valence electrons. The van der Waals surface area contributed by atoms with E-state index in [9.17, 15) is 0 Å². The Balaban J connectivity index is 1.43. The first kappa shape index (κ1) is 19.4. The number of aryl methyl sites for hydroxylation is 2. The van der Waals surface area contributed by atoms with Crippen LogP contribution < -0.4 is 10.1 Å². The smallest absolute Gasteiger partial charge is 0.138 e. The first-order valence-electron chi connectivity index (χ1n) is 9.79. The molecule has 4 aromatic carbocycles. The second-order valence-electron chi connectivity index (χ2n) is 7.36. The number of ether oxygens (including phenoxy) is 1. The van der Waals surface area contributed by atoms with Crippen LogP contribution in [0.1, 0.15) is 22.3 Å². The molecular formula is C26H24ClNO. The monoisotopic (exact) mass is 401 g/mol. The molecular weight excluding hydrogens is 378 g/mol. The Labute approximate surface area is 177 Å². The van der Waals surface area contributed by atoms with Crippen LogP contribution in [0.5, 0.6) is 5.75 Å². The lowest BCUT2D eigenvalue weighted by Crippen LogP contribution is -2.02. The molecule has 0 atom stereocenters. The van der Waals surface area contributed by atoms with E-state index in [2.05, 4.69) is 85.9 Å². The van der Waals surface area contributed by atoms with Crippen LogP contribution in [0.4, 0.5) is 5.69 Å². The average molecular weight is 402 g/mol. The minimum absolute atomic E-state index is 0.487. The van der Waals surface area contributed by atoms with Crippen molar-refractivity contribution in [3.63, 3.8) is 0 Å². The van der Waals surface area contributed by atoms with Crippen molar-refractivity contribution in [2.24, 2.45) is 0 Å². The van der Waals surface area contributed by atoms with Gasteiger partial charge in [0, 0.05) is 12.2 Å².